The van der Waals surface area contributed by atoms with Crippen LogP contribution in [-0.4, -0.2) is 42.3 Å². The van der Waals surface area contributed by atoms with E-state index in [1.54, 1.807) is 32.4 Å². The molecule has 3 rings (SSSR count). The molecule has 0 N–H and O–H groups in total. The lowest BCUT2D eigenvalue weighted by Crippen LogP contribution is -2.49. The first-order valence-corrected chi connectivity index (χ1v) is 9.88. The third kappa shape index (κ3) is 3.42. The fraction of sp³-hybridized carbons (Fsp3) is 0.409. The van der Waals surface area contributed by atoms with Crippen molar-refractivity contribution < 1.29 is 33.3 Å². The van der Waals surface area contributed by atoms with Gasteiger partial charge in [-0.2, -0.15) is 0 Å². The van der Waals surface area contributed by atoms with Gasteiger partial charge in [0, 0.05) is 18.9 Å². The quantitative estimate of drug-likeness (QED) is 0.310. The van der Waals surface area contributed by atoms with Gasteiger partial charge >= 0.3 is 17.9 Å². The zero-order valence-corrected chi connectivity index (χ0v) is 17.5. The Morgan fingerprint density at radius 3 is 2.23 bits per heavy atom. The molecule has 1 aliphatic heterocycles. The van der Waals surface area contributed by atoms with Crippen molar-refractivity contribution in [1.82, 2.24) is 4.57 Å². The molecule has 0 fully saturated rings. The third-order valence-electron chi connectivity index (χ3n) is 4.96. The Morgan fingerprint density at radius 1 is 1.03 bits per heavy atom. The highest BCUT2D eigenvalue weighted by molar-refractivity contribution is 6.11. The summed E-state index contributed by atoms with van der Waals surface area (Å²) >= 11 is 0. The Labute approximate surface area is 174 Å². The summed E-state index contributed by atoms with van der Waals surface area (Å²) in [5.41, 5.74) is -0.671. The van der Waals surface area contributed by atoms with Crippen LogP contribution in [0.2, 0.25) is 0 Å². The topological polar surface area (TPSA) is 93.1 Å². The predicted molar refractivity (Wildman–Crippen MR) is 108 cm³/mol. The molecule has 0 unspecified atom stereocenters. The van der Waals surface area contributed by atoms with E-state index in [0.717, 1.165) is 11.6 Å². The number of rotatable bonds is 6. The molecule has 160 valence electrons. The summed E-state index contributed by atoms with van der Waals surface area (Å²) < 4.78 is 23.3. The van der Waals surface area contributed by atoms with Crippen LogP contribution in [0, 0.1) is 0 Å². The number of allylic oxidation sites excluding steroid dienone is 1. The molecule has 0 saturated heterocycles. The fourth-order valence-corrected chi connectivity index (χ4v) is 3.75. The van der Waals surface area contributed by atoms with E-state index >= 15 is 0 Å². The van der Waals surface area contributed by atoms with E-state index in [0.29, 0.717) is 10.9 Å². The standard InChI is InChI=1S/C22H25NO7/c1-5-27-17(24)12-14-13-22(20(25)28-6-2,21(26)29-7-3)18-15-10-8-9-11-16(15)23(4)19(18)30-14/h8-12H,5-7,13H2,1-4H3/b14-12-. The number of aryl methyl sites for hydroxylation is 1. The third-order valence-corrected chi connectivity index (χ3v) is 4.96. The maximum atomic E-state index is 13.3. The zero-order chi connectivity index (χ0) is 21.9. The fourth-order valence-electron chi connectivity index (χ4n) is 3.75. The zero-order valence-electron chi connectivity index (χ0n) is 17.5. The number of nitrogens with zero attached hydrogens (tertiary/aromatic N) is 1. The number of esters is 3. The molecular weight excluding hydrogens is 390 g/mol. The van der Waals surface area contributed by atoms with Gasteiger partial charge in [-0.1, -0.05) is 18.2 Å². The second kappa shape index (κ2) is 8.61. The molecule has 1 aliphatic rings. The van der Waals surface area contributed by atoms with Gasteiger partial charge in [-0.3, -0.25) is 9.59 Å². The summed E-state index contributed by atoms with van der Waals surface area (Å²) in [5.74, 6) is -1.73. The molecule has 0 amide bonds. The van der Waals surface area contributed by atoms with E-state index < -0.39 is 23.3 Å². The van der Waals surface area contributed by atoms with E-state index in [1.165, 1.54) is 0 Å². The lowest BCUT2D eigenvalue weighted by Gasteiger charge is -2.34. The molecule has 0 spiro atoms. The van der Waals surface area contributed by atoms with Crippen molar-refractivity contribution in [3.8, 4) is 5.88 Å². The first-order valence-electron chi connectivity index (χ1n) is 9.88. The van der Waals surface area contributed by atoms with Crippen LogP contribution in [-0.2, 0) is 41.1 Å². The van der Waals surface area contributed by atoms with Gasteiger partial charge in [-0.05, 0) is 26.8 Å². The van der Waals surface area contributed by atoms with Crippen molar-refractivity contribution in [2.24, 2.45) is 7.05 Å². The number of ether oxygens (including phenoxy) is 4. The Bertz CT molecular complexity index is 1000. The number of fused-ring (bicyclic) bond motifs is 3. The van der Waals surface area contributed by atoms with E-state index in [9.17, 15) is 14.4 Å². The summed E-state index contributed by atoms with van der Waals surface area (Å²) in [6, 6.07) is 7.32. The van der Waals surface area contributed by atoms with Gasteiger partial charge in [0.05, 0.1) is 37.0 Å². The highest BCUT2D eigenvalue weighted by Gasteiger charge is 2.57. The summed E-state index contributed by atoms with van der Waals surface area (Å²) in [4.78, 5) is 38.6. The average Bonchev–Trinajstić information content (AvgIpc) is 3.00. The Morgan fingerprint density at radius 2 is 1.63 bits per heavy atom. The average molecular weight is 415 g/mol. The smallest absolute Gasteiger partial charge is 0.334 e. The van der Waals surface area contributed by atoms with Crippen molar-refractivity contribution in [3.63, 3.8) is 0 Å². The highest BCUT2D eigenvalue weighted by atomic mass is 16.6. The summed E-state index contributed by atoms with van der Waals surface area (Å²) in [7, 11) is 1.76. The van der Waals surface area contributed by atoms with Crippen LogP contribution in [0.25, 0.3) is 10.9 Å². The second-order valence-electron chi connectivity index (χ2n) is 6.74. The van der Waals surface area contributed by atoms with E-state index in [-0.39, 0.29) is 37.9 Å². The molecular formula is C22H25NO7. The second-order valence-corrected chi connectivity index (χ2v) is 6.74. The minimum absolute atomic E-state index is 0.0812. The van der Waals surface area contributed by atoms with Crippen molar-refractivity contribution in [2.75, 3.05) is 19.8 Å². The maximum absolute atomic E-state index is 13.3. The van der Waals surface area contributed by atoms with Gasteiger partial charge in [0.1, 0.15) is 5.76 Å². The number of aromatic nitrogens is 1. The van der Waals surface area contributed by atoms with Crippen molar-refractivity contribution in [2.45, 2.75) is 32.6 Å². The molecule has 0 radical (unpaired) electrons. The Hall–Kier alpha value is -3.29. The highest BCUT2D eigenvalue weighted by Crippen LogP contribution is 2.49. The number of benzene rings is 1. The predicted octanol–water partition coefficient (Wildman–Crippen LogP) is 2.77. The molecule has 8 heteroatoms. The molecule has 2 heterocycles. The maximum Gasteiger partial charge on any atom is 0.334 e. The molecule has 0 aliphatic carbocycles. The van der Waals surface area contributed by atoms with Crippen molar-refractivity contribution in [1.29, 1.82) is 0 Å². The Kier molecular flexibility index (Phi) is 6.14. The first-order chi connectivity index (χ1) is 14.4. The van der Waals surface area contributed by atoms with Gasteiger partial charge in [0.25, 0.3) is 0 Å². The van der Waals surface area contributed by atoms with Crippen molar-refractivity contribution in [3.05, 3.63) is 41.7 Å². The number of hydrogen-bond acceptors (Lipinski definition) is 7. The van der Waals surface area contributed by atoms with Crippen molar-refractivity contribution >= 4 is 28.8 Å². The normalized spacial score (nSPS) is 15.9. The van der Waals surface area contributed by atoms with Crippen LogP contribution in [0.1, 0.15) is 32.8 Å². The molecule has 2 aromatic rings. The van der Waals surface area contributed by atoms with E-state index in [2.05, 4.69) is 0 Å². The monoisotopic (exact) mass is 415 g/mol. The van der Waals surface area contributed by atoms with Gasteiger partial charge in [0.2, 0.25) is 11.3 Å². The minimum Gasteiger partial charge on any atom is -0.465 e. The van der Waals surface area contributed by atoms with Crippen LogP contribution in [0.15, 0.2) is 36.1 Å². The van der Waals surface area contributed by atoms with Crippen LogP contribution in [0.5, 0.6) is 5.88 Å². The summed E-state index contributed by atoms with van der Waals surface area (Å²) in [6.45, 7) is 5.35. The largest absolute Gasteiger partial charge is 0.465 e. The molecule has 0 saturated carbocycles. The lowest BCUT2D eigenvalue weighted by molar-refractivity contribution is -0.166. The van der Waals surface area contributed by atoms with Crippen LogP contribution in [0.3, 0.4) is 0 Å². The Balaban J connectivity index is 2.33. The number of para-hydroxylation sites is 1. The number of hydrogen-bond donors (Lipinski definition) is 0. The summed E-state index contributed by atoms with van der Waals surface area (Å²) in [6.07, 6.45) is 0.932. The molecule has 8 nitrogen and oxygen atoms in total. The molecule has 0 atom stereocenters. The van der Waals surface area contributed by atoms with Crippen LogP contribution >= 0.6 is 0 Å². The lowest BCUT2D eigenvalue weighted by atomic mass is 9.75. The van der Waals surface area contributed by atoms with Gasteiger partial charge in [-0.25, -0.2) is 4.79 Å². The summed E-state index contributed by atoms with van der Waals surface area (Å²) in [5, 5.41) is 0.672. The molecule has 30 heavy (non-hydrogen) atoms. The molecule has 1 aromatic heterocycles. The first kappa shape index (κ1) is 21.4. The number of carbonyl (C=O) groups excluding carboxylic acids is 3. The van der Waals surface area contributed by atoms with Gasteiger partial charge in [-0.15, -0.1) is 0 Å². The van der Waals surface area contributed by atoms with E-state index in [4.69, 9.17) is 18.9 Å². The van der Waals surface area contributed by atoms with Gasteiger partial charge < -0.3 is 23.5 Å². The SMILES string of the molecule is CCOC(=O)/C=C1/CC(C(=O)OCC)(C(=O)OCC)c2c(n(C)c3ccccc23)O1. The van der Waals surface area contributed by atoms with Crippen LogP contribution < -0.4 is 4.74 Å². The number of carbonyl (C=O) groups is 3. The minimum atomic E-state index is -1.81. The van der Waals surface area contributed by atoms with E-state index in [1.807, 2.05) is 24.3 Å². The van der Waals surface area contributed by atoms with Gasteiger partial charge in [0.15, 0.2) is 0 Å². The van der Waals surface area contributed by atoms with Crippen LogP contribution in [0.4, 0.5) is 0 Å². The molecule has 0 bridgehead atoms. The molecule has 1 aromatic carbocycles.